The van der Waals surface area contributed by atoms with Crippen LogP contribution in [0.25, 0.3) is 5.78 Å². The van der Waals surface area contributed by atoms with Crippen molar-refractivity contribution >= 4 is 23.0 Å². The summed E-state index contributed by atoms with van der Waals surface area (Å²) in [6.07, 6.45) is -0.578. The van der Waals surface area contributed by atoms with Crippen LogP contribution in [0.1, 0.15) is 52.3 Å². The molecule has 1 amide bonds. The third-order valence-corrected chi connectivity index (χ3v) is 6.13. The fourth-order valence-electron chi connectivity index (χ4n) is 3.57. The van der Waals surface area contributed by atoms with Crippen LogP contribution in [0.5, 0.6) is 0 Å². The summed E-state index contributed by atoms with van der Waals surface area (Å²) in [6.45, 7) is 5.14. The summed E-state index contributed by atoms with van der Waals surface area (Å²) in [7, 11) is 0. The van der Waals surface area contributed by atoms with E-state index in [2.05, 4.69) is 22.0 Å². The SMILES string of the molecule is Cc1csc(C(=O)N2CCC(C)[C@@H](c3cc(C(F)F)nc4ncnn34)C2)c1. The highest BCUT2D eigenvalue weighted by Crippen LogP contribution is 2.34. The number of alkyl halides is 2. The molecule has 2 atom stereocenters. The van der Waals surface area contributed by atoms with Crippen LogP contribution in [0.15, 0.2) is 23.8 Å². The van der Waals surface area contributed by atoms with E-state index in [9.17, 15) is 13.6 Å². The smallest absolute Gasteiger partial charge is 0.280 e. The Morgan fingerprint density at radius 3 is 2.89 bits per heavy atom. The molecule has 4 heterocycles. The average Bonchev–Trinajstić information content (AvgIpc) is 3.29. The molecular formula is C18H19F2N5OS. The van der Waals surface area contributed by atoms with E-state index >= 15 is 0 Å². The van der Waals surface area contributed by atoms with Gasteiger partial charge in [-0.3, -0.25) is 4.79 Å². The summed E-state index contributed by atoms with van der Waals surface area (Å²) in [4.78, 5) is 23.2. The van der Waals surface area contributed by atoms with E-state index in [1.54, 1.807) is 4.90 Å². The maximum absolute atomic E-state index is 13.3. The number of fused-ring (bicyclic) bond motifs is 1. The van der Waals surface area contributed by atoms with Gasteiger partial charge in [-0.15, -0.1) is 11.3 Å². The van der Waals surface area contributed by atoms with Crippen molar-refractivity contribution < 1.29 is 13.6 Å². The van der Waals surface area contributed by atoms with E-state index in [4.69, 9.17) is 0 Å². The molecule has 1 saturated heterocycles. The largest absolute Gasteiger partial charge is 0.337 e. The number of thiophene rings is 1. The third kappa shape index (κ3) is 3.31. The molecule has 6 nitrogen and oxygen atoms in total. The summed E-state index contributed by atoms with van der Waals surface area (Å²) >= 11 is 1.43. The van der Waals surface area contributed by atoms with E-state index in [0.717, 1.165) is 12.0 Å². The van der Waals surface area contributed by atoms with Gasteiger partial charge in [-0.2, -0.15) is 10.1 Å². The first-order valence-electron chi connectivity index (χ1n) is 8.77. The van der Waals surface area contributed by atoms with Crippen LogP contribution in [-0.4, -0.2) is 43.5 Å². The van der Waals surface area contributed by atoms with Gasteiger partial charge in [0, 0.05) is 19.0 Å². The maximum Gasteiger partial charge on any atom is 0.280 e. The van der Waals surface area contributed by atoms with Gasteiger partial charge in [-0.1, -0.05) is 6.92 Å². The molecule has 3 aromatic rings. The number of hydrogen-bond donors (Lipinski definition) is 0. The van der Waals surface area contributed by atoms with E-state index in [1.165, 1.54) is 28.2 Å². The minimum absolute atomic E-state index is 0.0111. The fourth-order valence-corrected chi connectivity index (χ4v) is 4.43. The number of rotatable bonds is 3. The monoisotopic (exact) mass is 391 g/mol. The maximum atomic E-state index is 13.3. The molecule has 0 spiro atoms. The Kier molecular flexibility index (Phi) is 4.63. The van der Waals surface area contributed by atoms with Gasteiger partial charge in [-0.25, -0.2) is 18.3 Å². The van der Waals surface area contributed by atoms with Gasteiger partial charge in [0.15, 0.2) is 0 Å². The third-order valence-electron chi connectivity index (χ3n) is 5.09. The van der Waals surface area contributed by atoms with Gasteiger partial charge < -0.3 is 4.90 Å². The highest BCUT2D eigenvalue weighted by Gasteiger charge is 2.33. The summed E-state index contributed by atoms with van der Waals surface area (Å²) in [6, 6.07) is 3.29. The Labute approximate surface area is 158 Å². The van der Waals surface area contributed by atoms with Gasteiger partial charge in [0.1, 0.15) is 12.0 Å². The fraction of sp³-hybridized carbons (Fsp3) is 0.444. The van der Waals surface area contributed by atoms with Crippen molar-refractivity contribution in [2.45, 2.75) is 32.6 Å². The lowest BCUT2D eigenvalue weighted by molar-refractivity contribution is 0.0670. The van der Waals surface area contributed by atoms with Crippen molar-refractivity contribution in [1.29, 1.82) is 0 Å². The van der Waals surface area contributed by atoms with Gasteiger partial charge in [0.25, 0.3) is 18.1 Å². The zero-order valence-electron chi connectivity index (χ0n) is 15.0. The lowest BCUT2D eigenvalue weighted by Crippen LogP contribution is -2.42. The summed E-state index contributed by atoms with van der Waals surface area (Å²) < 4.78 is 28.1. The Morgan fingerprint density at radius 2 is 2.19 bits per heavy atom. The normalized spacial score (nSPS) is 20.6. The lowest BCUT2D eigenvalue weighted by atomic mass is 9.84. The highest BCUT2D eigenvalue weighted by molar-refractivity contribution is 7.12. The summed E-state index contributed by atoms with van der Waals surface area (Å²) in [5.74, 6) is 0.253. The Hall–Kier alpha value is -2.42. The number of aryl methyl sites for hydroxylation is 1. The topological polar surface area (TPSA) is 63.4 Å². The molecule has 0 saturated carbocycles. The minimum atomic E-state index is -2.68. The van der Waals surface area contributed by atoms with E-state index in [-0.39, 0.29) is 29.2 Å². The van der Waals surface area contributed by atoms with Crippen LogP contribution in [0.3, 0.4) is 0 Å². The van der Waals surface area contributed by atoms with Crippen LogP contribution in [-0.2, 0) is 0 Å². The standard InChI is InChI=1S/C18H19F2N5OS/c1-10-5-15(27-8-10)17(26)24-4-3-11(2)12(7-24)14-6-13(16(19)20)23-18-21-9-22-25(14)18/h5-6,8-9,11-12,16H,3-4,7H2,1-2H3/t11?,12-/m0/s1. The number of aromatic nitrogens is 4. The van der Waals surface area contributed by atoms with Crippen LogP contribution >= 0.6 is 11.3 Å². The molecule has 1 unspecified atom stereocenters. The van der Waals surface area contributed by atoms with Crippen LogP contribution < -0.4 is 0 Å². The predicted molar refractivity (Wildman–Crippen MR) is 97.2 cm³/mol. The first-order chi connectivity index (χ1) is 12.9. The Morgan fingerprint density at radius 1 is 1.37 bits per heavy atom. The molecule has 0 bridgehead atoms. The summed E-state index contributed by atoms with van der Waals surface area (Å²) in [5.41, 5.74) is 1.38. The quantitative estimate of drug-likeness (QED) is 0.683. The first-order valence-corrected chi connectivity index (χ1v) is 9.65. The number of hydrogen-bond acceptors (Lipinski definition) is 5. The number of piperidine rings is 1. The molecule has 27 heavy (non-hydrogen) atoms. The predicted octanol–water partition coefficient (Wildman–Crippen LogP) is 3.70. The molecule has 1 aliphatic heterocycles. The van der Waals surface area contributed by atoms with Gasteiger partial charge in [0.05, 0.1) is 10.6 Å². The molecule has 142 valence electrons. The van der Waals surface area contributed by atoms with Crippen LogP contribution in [0, 0.1) is 12.8 Å². The lowest BCUT2D eigenvalue weighted by Gasteiger charge is -2.37. The number of amides is 1. The molecule has 3 aromatic heterocycles. The van der Waals surface area contributed by atoms with E-state index in [0.29, 0.717) is 23.7 Å². The van der Waals surface area contributed by atoms with Crippen molar-refractivity contribution in [2.24, 2.45) is 5.92 Å². The minimum Gasteiger partial charge on any atom is -0.337 e. The molecule has 0 aliphatic carbocycles. The van der Waals surface area contributed by atoms with Crippen molar-refractivity contribution in [3.63, 3.8) is 0 Å². The number of nitrogens with zero attached hydrogens (tertiary/aromatic N) is 5. The molecule has 0 radical (unpaired) electrons. The van der Waals surface area contributed by atoms with E-state index < -0.39 is 6.43 Å². The molecule has 4 rings (SSSR count). The zero-order valence-corrected chi connectivity index (χ0v) is 15.8. The number of carbonyl (C=O) groups is 1. The number of likely N-dealkylation sites (tertiary alicyclic amines) is 1. The molecule has 1 aliphatic rings. The molecule has 0 N–H and O–H groups in total. The average molecular weight is 391 g/mol. The van der Waals surface area contributed by atoms with E-state index in [1.807, 2.05) is 18.4 Å². The molecular weight excluding hydrogens is 372 g/mol. The van der Waals surface area contributed by atoms with Crippen molar-refractivity contribution in [3.8, 4) is 0 Å². The van der Waals surface area contributed by atoms with Crippen LogP contribution in [0.2, 0.25) is 0 Å². The van der Waals surface area contributed by atoms with Gasteiger partial charge >= 0.3 is 0 Å². The first kappa shape index (κ1) is 18.0. The van der Waals surface area contributed by atoms with Gasteiger partial charge in [-0.05, 0) is 42.3 Å². The highest BCUT2D eigenvalue weighted by atomic mass is 32.1. The van der Waals surface area contributed by atoms with Gasteiger partial charge in [0.2, 0.25) is 0 Å². The van der Waals surface area contributed by atoms with Crippen molar-refractivity contribution in [2.75, 3.05) is 13.1 Å². The second-order valence-electron chi connectivity index (χ2n) is 6.99. The zero-order chi connectivity index (χ0) is 19.1. The molecule has 0 aromatic carbocycles. The molecule has 9 heteroatoms. The second-order valence-corrected chi connectivity index (χ2v) is 7.90. The van der Waals surface area contributed by atoms with Crippen LogP contribution in [0.4, 0.5) is 8.78 Å². The number of halogens is 2. The Bertz CT molecular complexity index is 985. The molecule has 1 fully saturated rings. The number of carbonyl (C=O) groups excluding carboxylic acids is 1. The second kappa shape index (κ2) is 6.95. The van der Waals surface area contributed by atoms with Crippen molar-refractivity contribution in [1.82, 2.24) is 24.5 Å². The summed E-state index contributed by atoms with van der Waals surface area (Å²) in [5, 5.41) is 6.11. The van der Waals surface area contributed by atoms with Crippen molar-refractivity contribution in [3.05, 3.63) is 45.7 Å². The Balaban J connectivity index is 1.69.